The van der Waals surface area contributed by atoms with Gasteiger partial charge in [-0.15, -0.1) is 0 Å². The van der Waals surface area contributed by atoms with Gasteiger partial charge < -0.3 is 25.4 Å². The van der Waals surface area contributed by atoms with Crippen molar-refractivity contribution in [2.45, 2.75) is 52.7 Å². The van der Waals surface area contributed by atoms with Gasteiger partial charge >= 0.3 is 5.97 Å². The molecule has 1 aliphatic rings. The van der Waals surface area contributed by atoms with Crippen LogP contribution in [0.4, 0.5) is 0 Å². The van der Waals surface area contributed by atoms with Crippen LogP contribution in [0.15, 0.2) is 48.5 Å². The van der Waals surface area contributed by atoms with E-state index in [0.29, 0.717) is 24.5 Å². The van der Waals surface area contributed by atoms with Gasteiger partial charge in [-0.05, 0) is 55.2 Å². The van der Waals surface area contributed by atoms with Gasteiger partial charge in [-0.3, -0.25) is 19.2 Å². The fourth-order valence-corrected chi connectivity index (χ4v) is 5.10. The first-order chi connectivity index (χ1) is 18.8. The number of esters is 1. The molecular weight excluding hydrogens is 534 g/mol. The van der Waals surface area contributed by atoms with E-state index < -0.39 is 34.8 Å². The molecule has 0 unspecified atom stereocenters. The van der Waals surface area contributed by atoms with Crippen molar-refractivity contribution in [1.29, 1.82) is 0 Å². The minimum Gasteiger partial charge on any atom is -0.465 e. The van der Waals surface area contributed by atoms with Crippen molar-refractivity contribution in [3.05, 3.63) is 70.2 Å². The van der Waals surface area contributed by atoms with Crippen molar-refractivity contribution in [2.75, 3.05) is 26.2 Å². The van der Waals surface area contributed by atoms with Crippen molar-refractivity contribution >= 4 is 35.3 Å². The van der Waals surface area contributed by atoms with E-state index in [-0.39, 0.29) is 36.1 Å². The Kier molecular flexibility index (Phi) is 9.97. The van der Waals surface area contributed by atoms with Crippen LogP contribution < -0.4 is 10.6 Å². The van der Waals surface area contributed by atoms with Crippen LogP contribution in [0.3, 0.4) is 0 Å². The van der Waals surface area contributed by atoms with Crippen molar-refractivity contribution in [3.8, 4) is 0 Å². The van der Waals surface area contributed by atoms with Crippen LogP contribution in [0.5, 0.6) is 0 Å². The quantitative estimate of drug-likeness (QED) is 0.395. The molecule has 2 aromatic rings. The monoisotopic (exact) mass is 571 g/mol. The molecule has 9 nitrogen and oxygen atoms in total. The highest BCUT2D eigenvalue weighted by molar-refractivity contribution is 6.30. The molecule has 216 valence electrons. The molecule has 10 heteroatoms. The van der Waals surface area contributed by atoms with Crippen LogP contribution in [-0.2, 0) is 19.9 Å². The average Bonchev–Trinajstić information content (AvgIpc) is 2.91. The van der Waals surface area contributed by atoms with Gasteiger partial charge in [-0.1, -0.05) is 57.5 Å². The first-order valence-corrected chi connectivity index (χ1v) is 13.8. The van der Waals surface area contributed by atoms with Crippen LogP contribution in [0, 0.1) is 11.3 Å². The van der Waals surface area contributed by atoms with Crippen molar-refractivity contribution in [3.63, 3.8) is 0 Å². The molecule has 2 atom stereocenters. The Balaban J connectivity index is 1.71. The number of rotatable bonds is 9. The molecule has 2 aromatic carbocycles. The number of halogens is 1. The maximum Gasteiger partial charge on any atom is 0.325 e. The lowest BCUT2D eigenvalue weighted by atomic mass is 9.66. The number of hydrogen-bond donors (Lipinski definition) is 3. The fourth-order valence-electron chi connectivity index (χ4n) is 4.97. The molecule has 0 bridgehead atoms. The Labute approximate surface area is 240 Å². The fraction of sp³-hybridized carbons (Fsp3) is 0.467. The second kappa shape index (κ2) is 12.8. The molecule has 0 saturated carbocycles. The van der Waals surface area contributed by atoms with Crippen molar-refractivity contribution in [2.24, 2.45) is 11.3 Å². The molecule has 3 N–H and O–H groups in total. The summed E-state index contributed by atoms with van der Waals surface area (Å²) in [6, 6.07) is 12.3. The zero-order valence-corrected chi connectivity index (χ0v) is 24.4. The number of nitrogens with one attached hydrogen (secondary N) is 2. The summed E-state index contributed by atoms with van der Waals surface area (Å²) in [5, 5.41) is 17.5. The van der Waals surface area contributed by atoms with E-state index >= 15 is 0 Å². The molecule has 0 aromatic heterocycles. The van der Waals surface area contributed by atoms with Crippen LogP contribution in [-0.4, -0.2) is 66.0 Å². The van der Waals surface area contributed by atoms with Gasteiger partial charge in [0.15, 0.2) is 0 Å². The number of piperidine rings is 1. The van der Waals surface area contributed by atoms with E-state index in [1.54, 1.807) is 36.1 Å². The number of amides is 3. The zero-order chi connectivity index (χ0) is 29.7. The molecule has 1 fully saturated rings. The smallest absolute Gasteiger partial charge is 0.325 e. The lowest BCUT2D eigenvalue weighted by Gasteiger charge is -2.51. The number of carbonyl (C=O) groups excluding carboxylic acids is 4. The van der Waals surface area contributed by atoms with Gasteiger partial charge in [0.25, 0.3) is 11.8 Å². The lowest BCUT2D eigenvalue weighted by Crippen LogP contribution is -2.60. The predicted molar refractivity (Wildman–Crippen MR) is 152 cm³/mol. The third-order valence-electron chi connectivity index (χ3n) is 7.39. The molecule has 1 aliphatic heterocycles. The average molecular weight is 572 g/mol. The summed E-state index contributed by atoms with van der Waals surface area (Å²) in [6.45, 7) is 9.74. The minimum absolute atomic E-state index is 0.198. The van der Waals surface area contributed by atoms with Crippen LogP contribution in [0.1, 0.15) is 67.3 Å². The number of ether oxygens (including phenoxy) is 1. The van der Waals surface area contributed by atoms with Crippen LogP contribution in [0.2, 0.25) is 5.02 Å². The number of aliphatic hydroxyl groups is 1. The second-order valence-corrected chi connectivity index (χ2v) is 11.5. The standard InChI is InChI=1S/C30H38ClN3O6/c1-6-40-24(35)17-32-26(36)20-8-7-9-21(16-20)27(37)33-25(19(2)3)28(38)34-15-14-30(39,29(4,5)18-34)22-10-12-23(31)13-11-22/h7-13,16,19,25,39H,6,14-15,17-18H2,1-5H3,(H,32,36)(H,33,37)/t25-,30+/m1/s1. The molecule has 0 radical (unpaired) electrons. The van der Waals surface area contributed by atoms with Gasteiger partial charge in [0.05, 0.1) is 12.2 Å². The minimum atomic E-state index is -1.15. The maximum atomic E-state index is 13.7. The summed E-state index contributed by atoms with van der Waals surface area (Å²) in [4.78, 5) is 52.5. The van der Waals surface area contributed by atoms with Gasteiger partial charge in [-0.25, -0.2) is 0 Å². The van der Waals surface area contributed by atoms with Gasteiger partial charge in [0.1, 0.15) is 12.6 Å². The second-order valence-electron chi connectivity index (χ2n) is 11.0. The number of nitrogens with zero attached hydrogens (tertiary/aromatic N) is 1. The topological polar surface area (TPSA) is 125 Å². The number of hydrogen-bond acceptors (Lipinski definition) is 6. The van der Waals surface area contributed by atoms with Crippen molar-refractivity contribution < 1.29 is 29.0 Å². The first kappa shape index (κ1) is 31.1. The van der Waals surface area contributed by atoms with E-state index in [2.05, 4.69) is 10.6 Å². The Bertz CT molecular complexity index is 1250. The number of likely N-dealkylation sites (tertiary alicyclic amines) is 1. The lowest BCUT2D eigenvalue weighted by molar-refractivity contribution is -0.155. The predicted octanol–water partition coefficient (Wildman–Crippen LogP) is 3.53. The Morgan fingerprint density at radius 3 is 2.25 bits per heavy atom. The summed E-state index contributed by atoms with van der Waals surface area (Å²) >= 11 is 6.04. The maximum absolute atomic E-state index is 13.7. The SMILES string of the molecule is CCOC(=O)CNC(=O)c1cccc(C(=O)N[C@@H](C(=O)N2CC[C@](O)(c3ccc(Cl)cc3)C(C)(C)C2)C(C)C)c1. The third kappa shape index (κ3) is 7.01. The van der Waals surface area contributed by atoms with E-state index in [9.17, 15) is 24.3 Å². The van der Waals surface area contributed by atoms with E-state index in [1.807, 2.05) is 39.8 Å². The summed E-state index contributed by atoms with van der Waals surface area (Å²) in [7, 11) is 0. The van der Waals surface area contributed by atoms with E-state index in [4.69, 9.17) is 16.3 Å². The Morgan fingerprint density at radius 2 is 1.68 bits per heavy atom. The van der Waals surface area contributed by atoms with Gasteiger partial charge in [-0.2, -0.15) is 0 Å². The molecule has 0 aliphatic carbocycles. The summed E-state index contributed by atoms with van der Waals surface area (Å²) in [5.74, 6) is -2.04. The Hall–Kier alpha value is -3.43. The number of carbonyl (C=O) groups is 4. The molecule has 3 amide bonds. The normalized spacial score (nSPS) is 19.1. The molecular formula is C30H38ClN3O6. The highest BCUT2D eigenvalue weighted by atomic mass is 35.5. The summed E-state index contributed by atoms with van der Waals surface area (Å²) < 4.78 is 4.81. The Morgan fingerprint density at radius 1 is 1.05 bits per heavy atom. The van der Waals surface area contributed by atoms with Crippen LogP contribution >= 0.6 is 11.6 Å². The first-order valence-electron chi connectivity index (χ1n) is 13.4. The van der Waals surface area contributed by atoms with Crippen molar-refractivity contribution in [1.82, 2.24) is 15.5 Å². The largest absolute Gasteiger partial charge is 0.465 e. The van der Waals surface area contributed by atoms with Gasteiger partial charge in [0, 0.05) is 34.7 Å². The highest BCUT2D eigenvalue weighted by Crippen LogP contribution is 2.46. The molecule has 1 saturated heterocycles. The zero-order valence-electron chi connectivity index (χ0n) is 23.6. The third-order valence-corrected chi connectivity index (χ3v) is 7.64. The summed E-state index contributed by atoms with van der Waals surface area (Å²) in [6.07, 6.45) is 0.328. The van der Waals surface area contributed by atoms with E-state index in [1.165, 1.54) is 12.1 Å². The van der Waals surface area contributed by atoms with Crippen LogP contribution in [0.25, 0.3) is 0 Å². The number of benzene rings is 2. The van der Waals surface area contributed by atoms with Gasteiger partial charge in [0.2, 0.25) is 5.91 Å². The molecule has 3 rings (SSSR count). The van der Waals surface area contributed by atoms with E-state index in [0.717, 1.165) is 5.56 Å². The molecule has 40 heavy (non-hydrogen) atoms. The molecule has 1 heterocycles. The summed E-state index contributed by atoms with van der Waals surface area (Å²) in [5.41, 5.74) is -0.680. The highest BCUT2D eigenvalue weighted by Gasteiger charge is 2.50. The molecule has 0 spiro atoms.